The molecule has 0 saturated heterocycles. The highest BCUT2D eigenvalue weighted by molar-refractivity contribution is 8.09. The van der Waals surface area contributed by atoms with Gasteiger partial charge in [-0.05, 0) is 42.3 Å². The molecule has 0 radical (unpaired) electrons. The van der Waals surface area contributed by atoms with Gasteiger partial charge in [-0.3, -0.25) is 4.79 Å². The minimum atomic E-state index is -0.862. The summed E-state index contributed by atoms with van der Waals surface area (Å²) < 4.78 is 12.2. The van der Waals surface area contributed by atoms with Crippen molar-refractivity contribution in [1.82, 2.24) is 4.98 Å². The maximum Gasteiger partial charge on any atom is 0.313 e. The molecule has 0 atom stereocenters. The van der Waals surface area contributed by atoms with Crippen molar-refractivity contribution in [2.24, 2.45) is 0 Å². The number of ether oxygens (including phenoxy) is 2. The van der Waals surface area contributed by atoms with Gasteiger partial charge in [0.05, 0.1) is 29.7 Å². The van der Waals surface area contributed by atoms with Gasteiger partial charge in [0.2, 0.25) is 0 Å². The van der Waals surface area contributed by atoms with E-state index in [2.05, 4.69) is 4.98 Å². The summed E-state index contributed by atoms with van der Waals surface area (Å²) >= 11 is 2.82. The predicted molar refractivity (Wildman–Crippen MR) is 116 cm³/mol. The number of thiazole rings is 1. The number of rotatable bonds is 9. The molecule has 28 heavy (non-hydrogen) atoms. The standard InChI is InChI=1S/C21H21NO4S2/c1-3-10-26-17-11-14(8-9-16(17)25-2)12-19(27-13-20(23)24)21-22-15-6-4-5-7-18(15)28-21/h4-9,11-12H,3,10,13H2,1-2H3,(H,23,24)/b19-12-. The summed E-state index contributed by atoms with van der Waals surface area (Å²) in [5.41, 5.74) is 1.81. The molecule has 0 unspecified atom stereocenters. The van der Waals surface area contributed by atoms with Crippen LogP contribution in [0.15, 0.2) is 42.5 Å². The maximum absolute atomic E-state index is 11.1. The van der Waals surface area contributed by atoms with Crippen LogP contribution in [0.3, 0.4) is 0 Å². The van der Waals surface area contributed by atoms with Crippen molar-refractivity contribution in [3.63, 3.8) is 0 Å². The summed E-state index contributed by atoms with van der Waals surface area (Å²) in [4.78, 5) is 16.6. The van der Waals surface area contributed by atoms with Gasteiger partial charge in [-0.25, -0.2) is 4.98 Å². The first-order valence-corrected chi connectivity index (χ1v) is 10.6. The van der Waals surface area contributed by atoms with Crippen LogP contribution in [-0.2, 0) is 4.79 Å². The molecule has 146 valence electrons. The number of benzene rings is 2. The van der Waals surface area contributed by atoms with Crippen LogP contribution in [0.5, 0.6) is 11.5 Å². The summed E-state index contributed by atoms with van der Waals surface area (Å²) in [5, 5.41) is 9.93. The quantitative estimate of drug-likeness (QED) is 0.504. The lowest BCUT2D eigenvalue weighted by atomic mass is 10.2. The molecule has 1 aromatic heterocycles. The van der Waals surface area contributed by atoms with Gasteiger partial charge in [-0.1, -0.05) is 25.1 Å². The number of thioether (sulfide) groups is 1. The number of carboxylic acids is 1. The van der Waals surface area contributed by atoms with Gasteiger partial charge in [-0.15, -0.1) is 23.1 Å². The summed E-state index contributed by atoms with van der Waals surface area (Å²) in [6.45, 7) is 2.64. The third kappa shape index (κ3) is 5.05. The zero-order chi connectivity index (χ0) is 19.9. The Kier molecular flexibility index (Phi) is 6.95. The van der Waals surface area contributed by atoms with E-state index in [1.807, 2.05) is 55.5 Å². The molecule has 3 aromatic rings. The number of para-hydroxylation sites is 1. The second-order valence-electron chi connectivity index (χ2n) is 5.94. The van der Waals surface area contributed by atoms with Crippen LogP contribution in [0.25, 0.3) is 21.2 Å². The Balaban J connectivity index is 1.99. The highest BCUT2D eigenvalue weighted by atomic mass is 32.2. The normalized spacial score (nSPS) is 11.6. The number of hydrogen-bond donors (Lipinski definition) is 1. The van der Waals surface area contributed by atoms with Crippen molar-refractivity contribution < 1.29 is 19.4 Å². The van der Waals surface area contributed by atoms with Gasteiger partial charge in [0.25, 0.3) is 0 Å². The minimum Gasteiger partial charge on any atom is -0.493 e. The highest BCUT2D eigenvalue weighted by Crippen LogP contribution is 2.36. The third-order valence-electron chi connectivity index (χ3n) is 3.80. The number of carboxylic acid groups (broad SMARTS) is 1. The Morgan fingerprint density at radius 2 is 2.07 bits per heavy atom. The fraction of sp³-hybridized carbons (Fsp3) is 0.238. The maximum atomic E-state index is 11.1. The Morgan fingerprint density at radius 3 is 2.79 bits per heavy atom. The van der Waals surface area contributed by atoms with Crippen molar-refractivity contribution in [2.75, 3.05) is 19.5 Å². The largest absolute Gasteiger partial charge is 0.493 e. The van der Waals surface area contributed by atoms with Crippen molar-refractivity contribution in [1.29, 1.82) is 0 Å². The van der Waals surface area contributed by atoms with Crippen LogP contribution in [0.2, 0.25) is 0 Å². The molecule has 0 fully saturated rings. The predicted octanol–water partition coefficient (Wildman–Crippen LogP) is 5.41. The lowest BCUT2D eigenvalue weighted by Crippen LogP contribution is -1.99. The number of fused-ring (bicyclic) bond motifs is 1. The second-order valence-corrected chi connectivity index (χ2v) is 7.98. The first-order valence-electron chi connectivity index (χ1n) is 8.83. The van der Waals surface area contributed by atoms with E-state index < -0.39 is 5.97 Å². The molecule has 0 spiro atoms. The molecule has 0 aliphatic rings. The Bertz CT molecular complexity index is 964. The number of aliphatic carboxylic acids is 1. The van der Waals surface area contributed by atoms with E-state index in [9.17, 15) is 4.79 Å². The summed E-state index contributed by atoms with van der Waals surface area (Å²) in [5.74, 6) is 0.450. The van der Waals surface area contributed by atoms with Gasteiger partial charge < -0.3 is 14.6 Å². The molecule has 1 heterocycles. The van der Waals surface area contributed by atoms with E-state index in [1.54, 1.807) is 18.4 Å². The summed E-state index contributed by atoms with van der Waals surface area (Å²) in [7, 11) is 1.61. The third-order valence-corrected chi connectivity index (χ3v) is 6.02. The molecule has 0 saturated carbocycles. The van der Waals surface area contributed by atoms with Crippen molar-refractivity contribution in [3.8, 4) is 11.5 Å². The Labute approximate surface area is 172 Å². The number of hydrogen-bond acceptors (Lipinski definition) is 6. The van der Waals surface area contributed by atoms with E-state index in [0.717, 1.165) is 32.1 Å². The molecule has 5 nitrogen and oxygen atoms in total. The van der Waals surface area contributed by atoms with Crippen LogP contribution in [0, 0.1) is 0 Å². The fourth-order valence-corrected chi connectivity index (χ4v) is 4.39. The number of aromatic nitrogens is 1. The first-order chi connectivity index (χ1) is 13.6. The number of carbonyl (C=O) groups is 1. The van der Waals surface area contributed by atoms with Crippen molar-refractivity contribution in [3.05, 3.63) is 53.0 Å². The lowest BCUT2D eigenvalue weighted by Gasteiger charge is -2.11. The molecular formula is C21H21NO4S2. The van der Waals surface area contributed by atoms with Gasteiger partial charge in [0.15, 0.2) is 11.5 Å². The second kappa shape index (κ2) is 9.61. The molecule has 0 aliphatic heterocycles. The van der Waals surface area contributed by atoms with E-state index in [4.69, 9.17) is 14.6 Å². The van der Waals surface area contributed by atoms with E-state index in [1.165, 1.54) is 11.8 Å². The van der Waals surface area contributed by atoms with Crippen LogP contribution >= 0.6 is 23.1 Å². The van der Waals surface area contributed by atoms with E-state index >= 15 is 0 Å². The Morgan fingerprint density at radius 1 is 1.25 bits per heavy atom. The van der Waals surface area contributed by atoms with Gasteiger partial charge in [0, 0.05) is 4.91 Å². The van der Waals surface area contributed by atoms with Gasteiger partial charge >= 0.3 is 5.97 Å². The molecule has 2 aromatic carbocycles. The molecule has 7 heteroatoms. The summed E-state index contributed by atoms with van der Waals surface area (Å²) in [6.07, 6.45) is 2.85. The van der Waals surface area contributed by atoms with Crippen molar-refractivity contribution in [2.45, 2.75) is 13.3 Å². The molecule has 1 N–H and O–H groups in total. The monoisotopic (exact) mass is 415 g/mol. The van der Waals surface area contributed by atoms with Crippen LogP contribution < -0.4 is 9.47 Å². The zero-order valence-corrected chi connectivity index (χ0v) is 17.3. The minimum absolute atomic E-state index is 0.0306. The molecular weight excluding hydrogens is 394 g/mol. The van der Waals surface area contributed by atoms with Crippen LogP contribution in [0.4, 0.5) is 0 Å². The average Bonchev–Trinajstić information content (AvgIpc) is 3.13. The van der Waals surface area contributed by atoms with Gasteiger partial charge in [-0.2, -0.15) is 0 Å². The summed E-state index contributed by atoms with van der Waals surface area (Å²) in [6, 6.07) is 13.6. The molecule has 0 bridgehead atoms. The lowest BCUT2D eigenvalue weighted by molar-refractivity contribution is -0.133. The van der Waals surface area contributed by atoms with E-state index in [-0.39, 0.29) is 5.75 Å². The fourth-order valence-electron chi connectivity index (χ4n) is 2.54. The molecule has 0 amide bonds. The Hall–Kier alpha value is -2.51. The zero-order valence-electron chi connectivity index (χ0n) is 15.7. The molecule has 3 rings (SSSR count). The van der Waals surface area contributed by atoms with Crippen molar-refractivity contribution >= 4 is 50.3 Å². The smallest absolute Gasteiger partial charge is 0.313 e. The first kappa shape index (κ1) is 20.2. The van der Waals surface area contributed by atoms with Crippen LogP contribution in [0.1, 0.15) is 23.9 Å². The van der Waals surface area contributed by atoms with Gasteiger partial charge in [0.1, 0.15) is 5.01 Å². The molecule has 0 aliphatic carbocycles. The topological polar surface area (TPSA) is 68.7 Å². The number of methoxy groups -OCH3 is 1. The van der Waals surface area contributed by atoms with Crippen LogP contribution in [-0.4, -0.2) is 35.5 Å². The SMILES string of the molecule is CCCOc1cc(/C=C(\SCC(=O)O)c2nc3ccccc3s2)ccc1OC. The average molecular weight is 416 g/mol. The number of nitrogens with zero attached hydrogens (tertiary/aromatic N) is 1. The van der Waals surface area contributed by atoms with E-state index in [0.29, 0.717) is 18.1 Å². The highest BCUT2D eigenvalue weighted by Gasteiger charge is 2.13.